The molecule has 24 heavy (non-hydrogen) atoms. The minimum absolute atomic E-state index is 0. The van der Waals surface area contributed by atoms with Crippen LogP contribution in [0.4, 0.5) is 0 Å². The van der Waals surface area contributed by atoms with Crippen molar-refractivity contribution < 1.29 is 17.9 Å². The molecule has 0 aromatic heterocycles. The molecule has 1 aromatic carbocycles. The number of nitrogens with two attached hydrogens (primary N) is 1. The first-order chi connectivity index (χ1) is 10.9. The molecule has 2 rings (SSSR count). The number of rotatable bonds is 7. The van der Waals surface area contributed by atoms with Crippen LogP contribution in [-0.4, -0.2) is 45.1 Å². The Bertz CT molecular complexity index is 637. The number of hydrogen-bond donors (Lipinski definition) is 1. The van der Waals surface area contributed by atoms with Crippen LogP contribution < -0.4 is 15.2 Å². The summed E-state index contributed by atoms with van der Waals surface area (Å²) in [6.45, 7) is 7.56. The van der Waals surface area contributed by atoms with E-state index in [0.717, 1.165) is 6.42 Å². The lowest BCUT2D eigenvalue weighted by Crippen LogP contribution is -2.33. The van der Waals surface area contributed by atoms with Crippen LogP contribution >= 0.6 is 12.4 Å². The summed E-state index contributed by atoms with van der Waals surface area (Å²) >= 11 is 0. The smallest absolute Gasteiger partial charge is 0.243 e. The van der Waals surface area contributed by atoms with E-state index >= 15 is 0 Å². The Morgan fingerprint density at radius 3 is 2.42 bits per heavy atom. The second-order valence-electron chi connectivity index (χ2n) is 5.75. The number of ether oxygens (including phenoxy) is 2. The third-order valence-electron chi connectivity index (χ3n) is 4.08. The molecule has 1 aliphatic rings. The molecule has 1 fully saturated rings. The van der Waals surface area contributed by atoms with Gasteiger partial charge in [0.2, 0.25) is 10.0 Å². The van der Waals surface area contributed by atoms with Crippen LogP contribution in [0, 0.1) is 5.92 Å². The molecule has 1 saturated heterocycles. The molecule has 6 nitrogen and oxygen atoms in total. The highest BCUT2D eigenvalue weighted by Crippen LogP contribution is 2.33. The fourth-order valence-corrected chi connectivity index (χ4v) is 4.27. The Labute approximate surface area is 150 Å². The van der Waals surface area contributed by atoms with Gasteiger partial charge in [-0.3, -0.25) is 0 Å². The average Bonchev–Trinajstić information content (AvgIpc) is 3.00. The zero-order valence-electron chi connectivity index (χ0n) is 14.4. The topological polar surface area (TPSA) is 81.9 Å². The Kier molecular flexibility index (Phi) is 7.79. The van der Waals surface area contributed by atoms with E-state index in [1.54, 1.807) is 18.2 Å². The fraction of sp³-hybridized carbons (Fsp3) is 0.625. The minimum atomic E-state index is -3.54. The van der Waals surface area contributed by atoms with Crippen LogP contribution in [-0.2, 0) is 10.0 Å². The van der Waals surface area contributed by atoms with E-state index in [0.29, 0.717) is 37.8 Å². The largest absolute Gasteiger partial charge is 0.490 e. The van der Waals surface area contributed by atoms with Crippen molar-refractivity contribution in [3.8, 4) is 11.5 Å². The molecular weight excluding hydrogens is 352 g/mol. The van der Waals surface area contributed by atoms with Crippen LogP contribution in [0.1, 0.15) is 27.2 Å². The molecule has 2 atom stereocenters. The van der Waals surface area contributed by atoms with Gasteiger partial charge in [-0.05, 0) is 45.2 Å². The molecule has 138 valence electrons. The van der Waals surface area contributed by atoms with E-state index in [1.807, 2.05) is 20.8 Å². The van der Waals surface area contributed by atoms with Crippen LogP contribution in [0.5, 0.6) is 11.5 Å². The summed E-state index contributed by atoms with van der Waals surface area (Å²) in [6, 6.07) is 4.76. The maximum absolute atomic E-state index is 12.8. The van der Waals surface area contributed by atoms with E-state index in [4.69, 9.17) is 15.2 Å². The molecule has 8 heteroatoms. The van der Waals surface area contributed by atoms with E-state index in [-0.39, 0.29) is 29.3 Å². The summed E-state index contributed by atoms with van der Waals surface area (Å²) in [7, 11) is -3.54. The summed E-state index contributed by atoms with van der Waals surface area (Å²) in [6.07, 6.45) is 0.798. The number of nitrogens with zero attached hydrogens (tertiary/aromatic N) is 1. The monoisotopic (exact) mass is 378 g/mol. The van der Waals surface area contributed by atoms with Crippen molar-refractivity contribution >= 4 is 22.4 Å². The molecule has 0 saturated carbocycles. The van der Waals surface area contributed by atoms with Gasteiger partial charge in [0.25, 0.3) is 0 Å². The van der Waals surface area contributed by atoms with Crippen LogP contribution in [0.3, 0.4) is 0 Å². The molecule has 1 heterocycles. The summed E-state index contributed by atoms with van der Waals surface area (Å²) in [4.78, 5) is 0.231. The van der Waals surface area contributed by atoms with Gasteiger partial charge in [0.05, 0.1) is 18.1 Å². The average molecular weight is 379 g/mol. The second-order valence-corrected chi connectivity index (χ2v) is 7.68. The zero-order valence-corrected chi connectivity index (χ0v) is 16.0. The van der Waals surface area contributed by atoms with Crippen LogP contribution in [0.15, 0.2) is 23.1 Å². The van der Waals surface area contributed by atoms with Crippen molar-refractivity contribution in [1.82, 2.24) is 4.31 Å². The quantitative estimate of drug-likeness (QED) is 0.787. The van der Waals surface area contributed by atoms with E-state index in [1.165, 1.54) is 4.31 Å². The molecule has 2 unspecified atom stereocenters. The Hall–Kier alpha value is -1.02. The lowest BCUT2D eigenvalue weighted by molar-refractivity contribution is 0.287. The van der Waals surface area contributed by atoms with Crippen molar-refractivity contribution in [3.05, 3.63) is 18.2 Å². The lowest BCUT2D eigenvalue weighted by Gasteiger charge is -2.19. The highest BCUT2D eigenvalue weighted by Gasteiger charge is 2.34. The van der Waals surface area contributed by atoms with Gasteiger partial charge in [-0.1, -0.05) is 0 Å². The third-order valence-corrected chi connectivity index (χ3v) is 5.94. The van der Waals surface area contributed by atoms with Gasteiger partial charge >= 0.3 is 0 Å². The normalized spacial score (nSPS) is 19.6. The minimum Gasteiger partial charge on any atom is -0.490 e. The van der Waals surface area contributed by atoms with Crippen molar-refractivity contribution in [1.29, 1.82) is 0 Å². The van der Waals surface area contributed by atoms with Crippen molar-refractivity contribution in [3.63, 3.8) is 0 Å². The Balaban J connectivity index is 0.00000288. The maximum Gasteiger partial charge on any atom is 0.243 e. The van der Waals surface area contributed by atoms with Gasteiger partial charge in [-0.15, -0.1) is 12.4 Å². The van der Waals surface area contributed by atoms with Crippen molar-refractivity contribution in [2.75, 3.05) is 26.3 Å². The summed E-state index contributed by atoms with van der Waals surface area (Å²) < 4.78 is 38.1. The van der Waals surface area contributed by atoms with Crippen LogP contribution in [0.2, 0.25) is 0 Å². The molecule has 0 radical (unpaired) electrons. The van der Waals surface area contributed by atoms with E-state index in [2.05, 4.69) is 0 Å². The first kappa shape index (κ1) is 21.0. The predicted molar refractivity (Wildman–Crippen MR) is 96.5 cm³/mol. The van der Waals surface area contributed by atoms with E-state index < -0.39 is 10.0 Å². The molecule has 2 N–H and O–H groups in total. The highest BCUT2D eigenvalue weighted by molar-refractivity contribution is 7.89. The van der Waals surface area contributed by atoms with Gasteiger partial charge in [0.15, 0.2) is 11.5 Å². The molecule has 0 spiro atoms. The zero-order chi connectivity index (χ0) is 17.0. The predicted octanol–water partition coefficient (Wildman–Crippen LogP) is 2.26. The SMILES string of the molecule is CCOc1ccc(S(=O)(=O)N2CCC(C(C)N)C2)cc1OCC.Cl. The maximum atomic E-state index is 12.8. The van der Waals surface area contributed by atoms with Gasteiger partial charge in [0, 0.05) is 25.2 Å². The molecular formula is C16H27ClN2O4S. The first-order valence-electron chi connectivity index (χ1n) is 8.05. The van der Waals surface area contributed by atoms with E-state index in [9.17, 15) is 8.42 Å². The summed E-state index contributed by atoms with van der Waals surface area (Å²) in [5.41, 5.74) is 5.90. The Morgan fingerprint density at radius 1 is 1.25 bits per heavy atom. The highest BCUT2D eigenvalue weighted by atomic mass is 35.5. The molecule has 0 amide bonds. The van der Waals surface area contributed by atoms with Gasteiger partial charge in [0.1, 0.15) is 0 Å². The fourth-order valence-electron chi connectivity index (χ4n) is 2.74. The lowest BCUT2D eigenvalue weighted by atomic mass is 10.0. The third kappa shape index (κ3) is 4.53. The first-order valence-corrected chi connectivity index (χ1v) is 9.49. The van der Waals surface area contributed by atoms with Gasteiger partial charge in [-0.2, -0.15) is 4.31 Å². The second kappa shape index (κ2) is 8.89. The number of hydrogen-bond acceptors (Lipinski definition) is 5. The number of sulfonamides is 1. The Morgan fingerprint density at radius 2 is 1.88 bits per heavy atom. The van der Waals surface area contributed by atoms with Crippen molar-refractivity contribution in [2.24, 2.45) is 11.7 Å². The summed E-state index contributed by atoms with van der Waals surface area (Å²) in [5, 5.41) is 0. The molecule has 0 bridgehead atoms. The molecule has 1 aromatic rings. The number of benzene rings is 1. The van der Waals surface area contributed by atoms with Crippen molar-refractivity contribution in [2.45, 2.75) is 38.1 Å². The molecule has 0 aliphatic carbocycles. The van der Waals surface area contributed by atoms with Crippen LogP contribution in [0.25, 0.3) is 0 Å². The van der Waals surface area contributed by atoms with Gasteiger partial charge in [-0.25, -0.2) is 8.42 Å². The standard InChI is InChI=1S/C16H26N2O4S.ClH/c1-4-21-15-7-6-14(10-16(15)22-5-2)23(19,20)18-9-8-13(11-18)12(3)17;/h6-7,10,12-13H,4-5,8-9,11,17H2,1-3H3;1H. The molecule has 1 aliphatic heterocycles. The summed E-state index contributed by atoms with van der Waals surface area (Å²) in [5.74, 6) is 1.22. The number of halogens is 1. The van der Waals surface area contributed by atoms with Gasteiger partial charge < -0.3 is 15.2 Å².